The first kappa shape index (κ1) is 14.8. The smallest absolute Gasteiger partial charge is 0.340 e. The number of carbonyl (C=O) groups excluding carboxylic acids is 2. The number of fused-ring (bicyclic) bond motifs is 1. The van der Waals surface area contributed by atoms with Crippen molar-refractivity contribution in [3.63, 3.8) is 0 Å². The first-order chi connectivity index (χ1) is 10.7. The van der Waals surface area contributed by atoms with Gasteiger partial charge in [-0.1, -0.05) is 30.3 Å². The van der Waals surface area contributed by atoms with Crippen LogP contribution in [0.1, 0.15) is 37.7 Å². The summed E-state index contributed by atoms with van der Waals surface area (Å²) >= 11 is 0. The molecular weight excluding hydrogens is 280 g/mol. The van der Waals surface area contributed by atoms with Gasteiger partial charge in [0.15, 0.2) is 0 Å². The molecule has 0 saturated carbocycles. The molecule has 0 radical (unpaired) electrons. The van der Waals surface area contributed by atoms with Gasteiger partial charge in [-0.25, -0.2) is 9.79 Å². The monoisotopic (exact) mass is 300 g/mol. The van der Waals surface area contributed by atoms with Crippen molar-refractivity contribution in [1.29, 1.82) is 0 Å². The van der Waals surface area contributed by atoms with E-state index < -0.39 is 12.0 Å². The van der Waals surface area contributed by atoms with Crippen LogP contribution in [0.5, 0.6) is 0 Å². The summed E-state index contributed by atoms with van der Waals surface area (Å²) in [6, 6.07) is 9.21. The fraction of sp³-hybridized carbons (Fsp3) is 0.471. The first-order valence-corrected chi connectivity index (χ1v) is 7.80. The molecule has 0 aromatic heterocycles. The third-order valence-electron chi connectivity index (χ3n) is 4.23. The predicted molar refractivity (Wildman–Crippen MR) is 82.6 cm³/mol. The average molecular weight is 300 g/mol. The van der Waals surface area contributed by atoms with Crippen LogP contribution < -0.4 is 0 Å². The van der Waals surface area contributed by atoms with Crippen molar-refractivity contribution in [3.8, 4) is 0 Å². The molecule has 1 amide bonds. The van der Waals surface area contributed by atoms with Crippen molar-refractivity contribution in [1.82, 2.24) is 4.90 Å². The summed E-state index contributed by atoms with van der Waals surface area (Å²) in [5.74, 6) is 0.251. The topological polar surface area (TPSA) is 59.0 Å². The molecule has 0 bridgehead atoms. The Bertz CT molecular complexity index is 597. The standard InChI is InChI=1S/C17H20N2O3/c1-2-22-17(21)15-16(20)19-11-13(9-6-10-14(19)18-15)12-7-4-3-5-8-12/h3-5,7-8,13,15H,2,6,9-11H2,1H3. The van der Waals surface area contributed by atoms with E-state index in [4.69, 9.17) is 4.74 Å². The van der Waals surface area contributed by atoms with E-state index in [1.54, 1.807) is 11.8 Å². The number of esters is 1. The third kappa shape index (κ3) is 2.75. The van der Waals surface area contributed by atoms with Crippen molar-refractivity contribution in [3.05, 3.63) is 35.9 Å². The van der Waals surface area contributed by atoms with Crippen LogP contribution >= 0.6 is 0 Å². The summed E-state index contributed by atoms with van der Waals surface area (Å²) in [6.45, 7) is 2.59. The second-order valence-electron chi connectivity index (χ2n) is 5.65. The Morgan fingerprint density at radius 3 is 2.86 bits per heavy atom. The SMILES string of the molecule is CCOC(=O)C1N=C2CCCC(c3ccccc3)CN2C1=O. The van der Waals surface area contributed by atoms with E-state index in [-0.39, 0.29) is 12.5 Å². The van der Waals surface area contributed by atoms with E-state index in [0.717, 1.165) is 25.1 Å². The van der Waals surface area contributed by atoms with Crippen LogP contribution in [0.25, 0.3) is 0 Å². The van der Waals surface area contributed by atoms with E-state index in [1.807, 2.05) is 18.2 Å². The summed E-state index contributed by atoms with van der Waals surface area (Å²) in [5, 5.41) is 0. The molecule has 2 atom stereocenters. The van der Waals surface area contributed by atoms with Crippen molar-refractivity contribution >= 4 is 17.7 Å². The van der Waals surface area contributed by atoms with Gasteiger partial charge in [-0.05, 0) is 25.3 Å². The first-order valence-electron chi connectivity index (χ1n) is 7.80. The van der Waals surface area contributed by atoms with Crippen LogP contribution in [0.2, 0.25) is 0 Å². The molecule has 1 fully saturated rings. The molecule has 1 aromatic carbocycles. The largest absolute Gasteiger partial charge is 0.464 e. The van der Waals surface area contributed by atoms with Gasteiger partial charge in [0, 0.05) is 18.9 Å². The number of benzene rings is 1. The number of hydrogen-bond donors (Lipinski definition) is 0. The molecule has 3 rings (SSSR count). The van der Waals surface area contributed by atoms with Gasteiger partial charge in [0.2, 0.25) is 6.04 Å². The summed E-state index contributed by atoms with van der Waals surface area (Å²) < 4.78 is 4.95. The molecule has 2 aliphatic rings. The van der Waals surface area contributed by atoms with E-state index in [9.17, 15) is 9.59 Å². The minimum atomic E-state index is -0.996. The zero-order valence-electron chi connectivity index (χ0n) is 12.7. The zero-order chi connectivity index (χ0) is 15.5. The Morgan fingerprint density at radius 1 is 1.36 bits per heavy atom. The molecular formula is C17H20N2O3. The molecule has 0 spiro atoms. The van der Waals surface area contributed by atoms with Gasteiger partial charge in [-0.15, -0.1) is 0 Å². The number of ether oxygens (including phenoxy) is 1. The number of nitrogens with zero attached hydrogens (tertiary/aromatic N) is 2. The highest BCUT2D eigenvalue weighted by atomic mass is 16.5. The second kappa shape index (κ2) is 6.30. The van der Waals surface area contributed by atoms with Crippen LogP contribution in [0.15, 0.2) is 35.3 Å². The van der Waals surface area contributed by atoms with Gasteiger partial charge in [0.05, 0.1) is 6.61 Å². The van der Waals surface area contributed by atoms with Crippen molar-refractivity contribution in [2.24, 2.45) is 4.99 Å². The highest BCUT2D eigenvalue weighted by Crippen LogP contribution is 2.30. The Kier molecular flexibility index (Phi) is 4.22. The number of rotatable bonds is 3. The minimum absolute atomic E-state index is 0.240. The van der Waals surface area contributed by atoms with Gasteiger partial charge in [0.25, 0.3) is 5.91 Å². The van der Waals surface area contributed by atoms with Crippen LogP contribution in [0.3, 0.4) is 0 Å². The molecule has 2 heterocycles. The van der Waals surface area contributed by atoms with Gasteiger partial charge in [0.1, 0.15) is 5.84 Å². The molecule has 2 unspecified atom stereocenters. The fourth-order valence-electron chi connectivity index (χ4n) is 3.13. The van der Waals surface area contributed by atoms with Crippen molar-refractivity contribution < 1.29 is 14.3 Å². The van der Waals surface area contributed by atoms with E-state index in [2.05, 4.69) is 17.1 Å². The lowest BCUT2D eigenvalue weighted by atomic mass is 9.94. The van der Waals surface area contributed by atoms with Crippen LogP contribution in [0.4, 0.5) is 0 Å². The Morgan fingerprint density at radius 2 is 2.14 bits per heavy atom. The number of carbonyl (C=O) groups is 2. The summed E-state index contributed by atoms with van der Waals surface area (Å²) in [6.07, 6.45) is 2.74. The number of aliphatic imine (C=N–C) groups is 1. The quantitative estimate of drug-likeness (QED) is 0.634. The molecule has 0 aliphatic carbocycles. The average Bonchev–Trinajstić information content (AvgIpc) is 2.72. The lowest BCUT2D eigenvalue weighted by molar-refractivity contribution is -0.148. The van der Waals surface area contributed by atoms with Gasteiger partial charge < -0.3 is 4.74 Å². The van der Waals surface area contributed by atoms with E-state index in [1.165, 1.54) is 5.56 Å². The van der Waals surface area contributed by atoms with E-state index in [0.29, 0.717) is 12.5 Å². The summed E-state index contributed by atoms with van der Waals surface area (Å²) in [4.78, 5) is 30.4. The van der Waals surface area contributed by atoms with Crippen LogP contribution in [-0.4, -0.2) is 41.8 Å². The lowest BCUT2D eigenvalue weighted by Crippen LogP contribution is -2.39. The van der Waals surface area contributed by atoms with E-state index >= 15 is 0 Å². The number of amidine groups is 1. The molecule has 2 aliphatic heterocycles. The minimum Gasteiger partial charge on any atom is -0.464 e. The predicted octanol–water partition coefficient (Wildman–Crippen LogP) is 2.13. The van der Waals surface area contributed by atoms with Gasteiger partial charge in [-0.2, -0.15) is 0 Å². The summed E-state index contributed by atoms with van der Waals surface area (Å²) in [5.41, 5.74) is 1.23. The number of amides is 1. The maximum Gasteiger partial charge on any atom is 0.340 e. The van der Waals surface area contributed by atoms with Crippen molar-refractivity contribution in [2.75, 3.05) is 13.2 Å². The van der Waals surface area contributed by atoms with Gasteiger partial charge in [-0.3, -0.25) is 9.69 Å². The fourth-order valence-corrected chi connectivity index (χ4v) is 3.13. The third-order valence-corrected chi connectivity index (χ3v) is 4.23. The van der Waals surface area contributed by atoms with Gasteiger partial charge >= 0.3 is 5.97 Å². The Labute approximate surface area is 130 Å². The molecule has 5 heteroatoms. The van der Waals surface area contributed by atoms with Crippen molar-refractivity contribution in [2.45, 2.75) is 38.1 Å². The lowest BCUT2D eigenvalue weighted by Gasteiger charge is -2.22. The second-order valence-corrected chi connectivity index (χ2v) is 5.65. The number of hydrogen-bond acceptors (Lipinski definition) is 4. The van der Waals surface area contributed by atoms with Crippen LogP contribution in [-0.2, 0) is 14.3 Å². The Hall–Kier alpha value is -2.17. The normalized spacial score (nSPS) is 24.5. The molecule has 5 nitrogen and oxygen atoms in total. The summed E-state index contributed by atoms with van der Waals surface area (Å²) in [7, 11) is 0. The van der Waals surface area contributed by atoms with Crippen LogP contribution in [0, 0.1) is 0 Å². The Balaban J connectivity index is 1.79. The molecule has 22 heavy (non-hydrogen) atoms. The zero-order valence-corrected chi connectivity index (χ0v) is 12.7. The highest BCUT2D eigenvalue weighted by Gasteiger charge is 2.41. The molecule has 1 saturated heterocycles. The molecule has 116 valence electrons. The molecule has 0 N–H and O–H groups in total. The molecule has 1 aromatic rings. The maximum absolute atomic E-state index is 12.5. The maximum atomic E-state index is 12.5. The highest BCUT2D eigenvalue weighted by molar-refractivity contribution is 6.15.